The van der Waals surface area contributed by atoms with Crippen LogP contribution in [0.2, 0.25) is 0 Å². The molecule has 0 fully saturated rings. The number of carbonyl (C=O) groups is 1. The molecule has 0 atom stereocenters. The van der Waals surface area contributed by atoms with Gasteiger partial charge in [0.05, 0.1) is 6.61 Å². The number of allylic oxidation sites excluding steroid dienone is 12. The van der Waals surface area contributed by atoms with Crippen molar-refractivity contribution in [2.45, 2.75) is 58.3 Å². The van der Waals surface area contributed by atoms with E-state index in [-0.39, 0.29) is 12.5 Å². The van der Waals surface area contributed by atoms with Crippen LogP contribution in [0.3, 0.4) is 0 Å². The zero-order valence-corrected chi connectivity index (χ0v) is 16.9. The molecule has 0 unspecified atom stereocenters. The predicted octanol–water partition coefficient (Wildman–Crippen LogP) is 5.57. The monoisotopic (exact) mass is 371 g/mol. The van der Waals surface area contributed by atoms with Gasteiger partial charge in [-0.15, -0.1) is 0 Å². The molecule has 0 rings (SSSR count). The first-order valence-electron chi connectivity index (χ1n) is 10.1. The molecule has 0 spiro atoms. The molecule has 3 nitrogen and oxygen atoms in total. The molecule has 0 bridgehead atoms. The van der Waals surface area contributed by atoms with Crippen molar-refractivity contribution in [3.63, 3.8) is 0 Å². The second-order valence-corrected chi connectivity index (χ2v) is 6.03. The van der Waals surface area contributed by atoms with E-state index >= 15 is 0 Å². The van der Waals surface area contributed by atoms with Gasteiger partial charge in [-0.05, 0) is 44.9 Å². The lowest BCUT2D eigenvalue weighted by molar-refractivity contribution is -0.121. The van der Waals surface area contributed by atoms with Crippen LogP contribution < -0.4 is 5.32 Å². The van der Waals surface area contributed by atoms with Gasteiger partial charge in [0.25, 0.3) is 0 Å². The van der Waals surface area contributed by atoms with Crippen LogP contribution in [0.25, 0.3) is 0 Å². The molecule has 0 aromatic rings. The van der Waals surface area contributed by atoms with Crippen molar-refractivity contribution in [3.8, 4) is 0 Å². The van der Waals surface area contributed by atoms with E-state index in [1.165, 1.54) is 0 Å². The Bertz CT molecular complexity index is 510. The lowest BCUT2D eigenvalue weighted by atomic mass is 10.2. The quantitative estimate of drug-likeness (QED) is 0.348. The average molecular weight is 372 g/mol. The van der Waals surface area contributed by atoms with Gasteiger partial charge in [0, 0.05) is 13.0 Å². The molecule has 0 saturated heterocycles. The number of rotatable bonds is 16. The second kappa shape index (κ2) is 21.9. The van der Waals surface area contributed by atoms with Crippen molar-refractivity contribution in [1.29, 1.82) is 0 Å². The number of amides is 1. The van der Waals surface area contributed by atoms with E-state index in [0.29, 0.717) is 13.0 Å². The summed E-state index contributed by atoms with van der Waals surface area (Å²) in [4.78, 5) is 11.3. The fourth-order valence-corrected chi connectivity index (χ4v) is 2.14. The van der Waals surface area contributed by atoms with Gasteiger partial charge in [-0.3, -0.25) is 4.79 Å². The van der Waals surface area contributed by atoms with Gasteiger partial charge in [0.1, 0.15) is 0 Å². The van der Waals surface area contributed by atoms with Gasteiger partial charge >= 0.3 is 0 Å². The second-order valence-electron chi connectivity index (χ2n) is 6.03. The van der Waals surface area contributed by atoms with Crippen molar-refractivity contribution >= 4 is 5.91 Å². The maximum atomic E-state index is 11.3. The summed E-state index contributed by atoms with van der Waals surface area (Å²) in [6, 6.07) is 0. The van der Waals surface area contributed by atoms with E-state index in [4.69, 9.17) is 5.11 Å². The van der Waals surface area contributed by atoms with Crippen molar-refractivity contribution in [2.75, 3.05) is 13.2 Å². The van der Waals surface area contributed by atoms with Crippen LogP contribution in [0.15, 0.2) is 72.9 Å². The Morgan fingerprint density at radius 1 is 0.704 bits per heavy atom. The van der Waals surface area contributed by atoms with Gasteiger partial charge in [-0.2, -0.15) is 0 Å². The zero-order valence-electron chi connectivity index (χ0n) is 16.9. The zero-order chi connectivity index (χ0) is 19.8. The van der Waals surface area contributed by atoms with Gasteiger partial charge in [0.2, 0.25) is 5.91 Å². The number of aliphatic hydroxyl groups excluding tert-OH is 1. The molecule has 0 radical (unpaired) electrons. The number of aliphatic hydroxyl groups is 1. The van der Waals surface area contributed by atoms with Crippen molar-refractivity contribution in [1.82, 2.24) is 5.32 Å². The molecule has 0 aromatic carbocycles. The van der Waals surface area contributed by atoms with Gasteiger partial charge in [-0.25, -0.2) is 0 Å². The van der Waals surface area contributed by atoms with Crippen molar-refractivity contribution < 1.29 is 9.90 Å². The molecule has 0 aliphatic heterocycles. The van der Waals surface area contributed by atoms with Crippen LogP contribution >= 0.6 is 0 Å². The third kappa shape index (κ3) is 21.8. The Hall–Kier alpha value is -2.13. The molecular weight excluding hydrogens is 334 g/mol. The van der Waals surface area contributed by atoms with Crippen LogP contribution in [0.5, 0.6) is 0 Å². The average Bonchev–Trinajstić information content (AvgIpc) is 2.68. The first kappa shape index (κ1) is 24.9. The summed E-state index contributed by atoms with van der Waals surface area (Å²) >= 11 is 0. The molecule has 27 heavy (non-hydrogen) atoms. The standard InChI is InChI=1S/C24H37NO2/c1-2-3-4-5-6-7-8-9-10-11-12-13-14-15-16-17-18-19-20-21-24(27)25-22-23-26/h3-4,6-7,9-10,12-13,15-16,18-19,26H,2,5,8,11,14,17,20-23H2,1H3,(H,25,27)/b4-3+,7-6-,10-9-,13-12-,16-15-,19-18+. The normalized spacial score (nSPS) is 12.8. The van der Waals surface area contributed by atoms with Gasteiger partial charge in [0.15, 0.2) is 0 Å². The molecule has 0 aliphatic carbocycles. The highest BCUT2D eigenvalue weighted by molar-refractivity contribution is 5.75. The topological polar surface area (TPSA) is 49.3 Å². The maximum absolute atomic E-state index is 11.3. The van der Waals surface area contributed by atoms with Crippen LogP contribution in [0, 0.1) is 0 Å². The molecule has 0 aliphatic rings. The van der Waals surface area contributed by atoms with Crippen molar-refractivity contribution in [2.24, 2.45) is 0 Å². The van der Waals surface area contributed by atoms with Crippen LogP contribution in [0.1, 0.15) is 58.3 Å². The number of hydrogen-bond acceptors (Lipinski definition) is 2. The summed E-state index contributed by atoms with van der Waals surface area (Å²) in [5, 5.41) is 11.2. The number of carbonyl (C=O) groups excluding carboxylic acids is 1. The Labute approximate surface area is 166 Å². The Balaban J connectivity index is 3.54. The third-order valence-corrected chi connectivity index (χ3v) is 3.57. The first-order valence-corrected chi connectivity index (χ1v) is 10.1. The highest BCUT2D eigenvalue weighted by Gasteiger charge is 1.96. The van der Waals surface area contributed by atoms with Gasteiger partial charge < -0.3 is 10.4 Å². The minimum absolute atomic E-state index is 0.00828. The summed E-state index contributed by atoms with van der Waals surface area (Å²) < 4.78 is 0. The Morgan fingerprint density at radius 2 is 1.11 bits per heavy atom. The summed E-state index contributed by atoms with van der Waals surface area (Å²) in [7, 11) is 0. The van der Waals surface area contributed by atoms with Crippen LogP contribution in [-0.4, -0.2) is 24.2 Å². The minimum atomic E-state index is -0.0106. The van der Waals surface area contributed by atoms with E-state index in [0.717, 1.165) is 44.9 Å². The van der Waals surface area contributed by atoms with E-state index in [1.807, 2.05) is 6.08 Å². The van der Waals surface area contributed by atoms with E-state index in [9.17, 15) is 4.79 Å². The molecule has 150 valence electrons. The summed E-state index contributed by atoms with van der Waals surface area (Å²) in [5.41, 5.74) is 0. The molecule has 3 heteroatoms. The largest absolute Gasteiger partial charge is 0.395 e. The molecule has 0 heterocycles. The highest BCUT2D eigenvalue weighted by atomic mass is 16.3. The summed E-state index contributed by atoms with van der Waals surface area (Å²) in [6.07, 6.45) is 33.2. The molecule has 0 aromatic heterocycles. The smallest absolute Gasteiger partial charge is 0.220 e. The van der Waals surface area contributed by atoms with Crippen LogP contribution in [-0.2, 0) is 4.79 Å². The summed E-state index contributed by atoms with van der Waals surface area (Å²) in [5.74, 6) is -0.0106. The highest BCUT2D eigenvalue weighted by Crippen LogP contribution is 1.97. The van der Waals surface area contributed by atoms with Crippen molar-refractivity contribution in [3.05, 3.63) is 72.9 Å². The third-order valence-electron chi connectivity index (χ3n) is 3.57. The number of nitrogens with one attached hydrogen (secondary N) is 1. The SMILES string of the molecule is CC/C=C/C/C=C\C/C=C\C/C=C\C/C=C\C/C=C/CCC(=O)NCCO. The first-order chi connectivity index (χ1) is 13.3. The summed E-state index contributed by atoms with van der Waals surface area (Å²) in [6.45, 7) is 2.48. The lowest BCUT2D eigenvalue weighted by Crippen LogP contribution is -2.25. The minimum Gasteiger partial charge on any atom is -0.395 e. The molecule has 2 N–H and O–H groups in total. The molecule has 0 saturated carbocycles. The Kier molecular flexibility index (Phi) is 20.2. The molecular formula is C24H37NO2. The van der Waals surface area contributed by atoms with E-state index in [2.05, 4.69) is 79.1 Å². The van der Waals surface area contributed by atoms with E-state index < -0.39 is 0 Å². The lowest BCUT2D eigenvalue weighted by Gasteiger charge is -1.99. The fourth-order valence-electron chi connectivity index (χ4n) is 2.14. The molecule has 1 amide bonds. The maximum Gasteiger partial charge on any atom is 0.220 e. The fraction of sp³-hybridized carbons (Fsp3) is 0.458. The van der Waals surface area contributed by atoms with Gasteiger partial charge in [-0.1, -0.05) is 79.8 Å². The number of hydrogen-bond donors (Lipinski definition) is 2. The predicted molar refractivity (Wildman–Crippen MR) is 118 cm³/mol. The Morgan fingerprint density at radius 3 is 1.52 bits per heavy atom. The van der Waals surface area contributed by atoms with Crippen LogP contribution in [0.4, 0.5) is 0 Å². The van der Waals surface area contributed by atoms with E-state index in [1.54, 1.807) is 0 Å².